The van der Waals surface area contributed by atoms with Crippen LogP contribution in [0.5, 0.6) is 0 Å². The quantitative estimate of drug-likeness (QED) is 0.382. The number of alkyl halides is 1. The molecule has 5 nitrogen and oxygen atoms in total. The topological polar surface area (TPSA) is 94.8 Å². The summed E-state index contributed by atoms with van der Waals surface area (Å²) < 4.78 is 0. The minimum Gasteiger partial charge on any atom is -0.393 e. The third kappa shape index (κ3) is 4.62. The highest BCUT2D eigenvalue weighted by molar-refractivity contribution is 9.08. The van der Waals surface area contributed by atoms with E-state index in [1.807, 2.05) is 19.1 Å². The highest BCUT2D eigenvalue weighted by Gasteiger charge is 2.68. The Morgan fingerprint density at radius 1 is 1.11 bits per heavy atom. The van der Waals surface area contributed by atoms with Gasteiger partial charge in [0.2, 0.25) is 0 Å². The van der Waals surface area contributed by atoms with Gasteiger partial charge < -0.3 is 15.3 Å². The van der Waals surface area contributed by atoms with Crippen molar-refractivity contribution in [1.29, 1.82) is 0 Å². The van der Waals surface area contributed by atoms with Crippen molar-refractivity contribution in [1.82, 2.24) is 0 Å². The van der Waals surface area contributed by atoms with Crippen LogP contribution in [-0.4, -0.2) is 45.2 Å². The van der Waals surface area contributed by atoms with Crippen LogP contribution in [0, 0.1) is 34.5 Å². The molecule has 4 aliphatic carbocycles. The van der Waals surface area contributed by atoms with Gasteiger partial charge in [0, 0.05) is 23.1 Å². The molecule has 1 aromatic carbocycles. The van der Waals surface area contributed by atoms with Crippen LogP contribution in [0.25, 0.3) is 0 Å². The first kappa shape index (κ1) is 28.5. The van der Waals surface area contributed by atoms with E-state index < -0.39 is 23.4 Å². The molecule has 0 heterocycles. The normalized spacial score (nSPS) is 41.4. The molecular formula is C28H37BrCl2O5. The molecule has 0 saturated heterocycles. The van der Waals surface area contributed by atoms with Gasteiger partial charge in [-0.25, -0.2) is 0 Å². The van der Waals surface area contributed by atoms with Crippen LogP contribution in [0.15, 0.2) is 18.2 Å². The van der Waals surface area contributed by atoms with E-state index in [9.17, 15) is 24.9 Å². The lowest BCUT2D eigenvalue weighted by atomic mass is 9.44. The first-order chi connectivity index (χ1) is 16.9. The van der Waals surface area contributed by atoms with Gasteiger partial charge in [0.25, 0.3) is 0 Å². The second-order valence-electron chi connectivity index (χ2n) is 11.9. The Kier molecular flexibility index (Phi) is 8.38. The Morgan fingerprint density at radius 2 is 1.83 bits per heavy atom. The number of Topliss-reactive ketones (excluding diaryl/α,β-unsaturated/α-hetero) is 2. The van der Waals surface area contributed by atoms with Gasteiger partial charge >= 0.3 is 0 Å². The molecule has 5 rings (SSSR count). The van der Waals surface area contributed by atoms with Gasteiger partial charge in [-0.2, -0.15) is 0 Å². The summed E-state index contributed by atoms with van der Waals surface area (Å²) in [5.74, 6) is 0.380. The summed E-state index contributed by atoms with van der Waals surface area (Å²) >= 11 is 14.7. The molecular weight excluding hydrogens is 567 g/mol. The third-order valence-electron chi connectivity index (χ3n) is 10.2. The lowest BCUT2D eigenvalue weighted by Gasteiger charge is -2.60. The first-order valence-electron chi connectivity index (χ1n) is 13.0. The van der Waals surface area contributed by atoms with Crippen molar-refractivity contribution in [3.05, 3.63) is 33.8 Å². The molecule has 0 unspecified atom stereocenters. The Bertz CT molecular complexity index is 1020. The van der Waals surface area contributed by atoms with Crippen LogP contribution in [0.2, 0.25) is 10.0 Å². The minimum absolute atomic E-state index is 0.0154. The van der Waals surface area contributed by atoms with E-state index in [0.717, 1.165) is 49.4 Å². The van der Waals surface area contributed by atoms with Crippen LogP contribution in [-0.2, 0) is 14.9 Å². The molecule has 0 spiro atoms. The predicted molar refractivity (Wildman–Crippen MR) is 144 cm³/mol. The smallest absolute Gasteiger partial charge is 0.190 e. The SMILES string of the molecule is C[C@]12CC[C@@H](O)C[C@H]1CC[C@@H]1[C@@H]2C(=O)C[C@@]2(C)[C@H]1CC[C@]2(O)C(=O)CO.Clc1ccc(CBr)cc1Cl. The molecule has 1 aromatic rings. The number of fused-ring (bicyclic) bond motifs is 5. The summed E-state index contributed by atoms with van der Waals surface area (Å²) in [5.41, 5.74) is -1.27. The van der Waals surface area contributed by atoms with E-state index in [0.29, 0.717) is 22.4 Å². The monoisotopic (exact) mass is 602 g/mol. The van der Waals surface area contributed by atoms with E-state index in [1.165, 1.54) is 0 Å². The summed E-state index contributed by atoms with van der Waals surface area (Å²) in [4.78, 5) is 25.7. The number of hydrogen-bond acceptors (Lipinski definition) is 5. The van der Waals surface area contributed by atoms with Crippen LogP contribution < -0.4 is 0 Å². The average Bonchev–Trinajstić information content (AvgIpc) is 3.12. The van der Waals surface area contributed by atoms with Crippen molar-refractivity contribution in [2.24, 2.45) is 34.5 Å². The minimum atomic E-state index is -1.58. The number of carbonyl (C=O) groups is 2. The Hall–Kier alpha value is -0.500. The fraction of sp³-hybridized carbons (Fsp3) is 0.714. The van der Waals surface area contributed by atoms with Crippen molar-refractivity contribution >= 4 is 50.7 Å². The summed E-state index contributed by atoms with van der Waals surface area (Å²) in [6.45, 7) is 3.46. The molecule has 0 amide bonds. The second kappa shape index (κ2) is 10.6. The van der Waals surface area contributed by atoms with E-state index >= 15 is 0 Å². The van der Waals surface area contributed by atoms with Gasteiger partial charge in [0.1, 0.15) is 18.0 Å². The molecule has 200 valence electrons. The lowest BCUT2D eigenvalue weighted by Crippen LogP contribution is -2.62. The molecule has 0 bridgehead atoms. The summed E-state index contributed by atoms with van der Waals surface area (Å²) in [6.07, 6.45) is 5.47. The summed E-state index contributed by atoms with van der Waals surface area (Å²) in [5, 5.41) is 32.6. The number of rotatable bonds is 3. The summed E-state index contributed by atoms with van der Waals surface area (Å²) in [7, 11) is 0. The van der Waals surface area contributed by atoms with Crippen LogP contribution in [0.4, 0.5) is 0 Å². The largest absolute Gasteiger partial charge is 0.393 e. The maximum absolute atomic E-state index is 13.4. The zero-order chi connectivity index (χ0) is 26.5. The standard InChI is InChI=1S/C21H32O5.C7H5BrCl2/c1-19-7-5-13(23)9-12(19)3-4-14-15-6-8-21(26,17(25)11-22)20(15,2)10-16(24)18(14)19;8-4-5-1-2-6(9)7(10)3-5/h12-15,18,22-23,26H,3-11H2,1-2H3;1-3H,4H2/t12-,13-,14+,15+,18-,19+,20+,21+;/m1./s1. The van der Waals surface area contributed by atoms with Crippen molar-refractivity contribution < 1.29 is 24.9 Å². The van der Waals surface area contributed by atoms with Gasteiger partial charge in [-0.05, 0) is 85.8 Å². The van der Waals surface area contributed by atoms with Gasteiger partial charge in [-0.3, -0.25) is 9.59 Å². The fourth-order valence-electron chi connectivity index (χ4n) is 8.27. The molecule has 3 N–H and O–H groups in total. The fourth-order valence-corrected chi connectivity index (χ4v) is 8.94. The molecule has 4 saturated carbocycles. The zero-order valence-corrected chi connectivity index (χ0v) is 24.1. The van der Waals surface area contributed by atoms with E-state index in [-0.39, 0.29) is 41.5 Å². The van der Waals surface area contributed by atoms with E-state index in [2.05, 4.69) is 22.9 Å². The van der Waals surface area contributed by atoms with E-state index in [4.69, 9.17) is 23.2 Å². The highest BCUT2D eigenvalue weighted by Crippen LogP contribution is 2.67. The Morgan fingerprint density at radius 3 is 2.47 bits per heavy atom. The number of carbonyl (C=O) groups excluding carboxylic acids is 2. The lowest BCUT2D eigenvalue weighted by molar-refractivity contribution is -0.180. The molecule has 0 aliphatic heterocycles. The van der Waals surface area contributed by atoms with E-state index in [1.54, 1.807) is 6.07 Å². The number of aliphatic hydroxyl groups is 3. The van der Waals surface area contributed by atoms with Crippen LogP contribution >= 0.6 is 39.1 Å². The molecule has 0 aromatic heterocycles. The van der Waals surface area contributed by atoms with Crippen LogP contribution in [0.3, 0.4) is 0 Å². The molecule has 4 aliphatic rings. The number of benzene rings is 1. The Balaban J connectivity index is 0.000000256. The molecule has 36 heavy (non-hydrogen) atoms. The molecule has 8 heteroatoms. The van der Waals surface area contributed by atoms with Crippen molar-refractivity contribution in [2.75, 3.05) is 6.61 Å². The van der Waals surface area contributed by atoms with Gasteiger partial charge in [-0.15, -0.1) is 0 Å². The van der Waals surface area contributed by atoms with Crippen molar-refractivity contribution in [3.63, 3.8) is 0 Å². The molecule has 8 atom stereocenters. The third-order valence-corrected chi connectivity index (χ3v) is 11.6. The van der Waals surface area contributed by atoms with Crippen LogP contribution in [0.1, 0.15) is 70.8 Å². The van der Waals surface area contributed by atoms with Crippen molar-refractivity contribution in [2.45, 2.75) is 82.2 Å². The maximum Gasteiger partial charge on any atom is 0.190 e. The summed E-state index contributed by atoms with van der Waals surface area (Å²) in [6, 6.07) is 5.57. The average molecular weight is 604 g/mol. The van der Waals surface area contributed by atoms with Gasteiger partial charge in [0.05, 0.1) is 16.1 Å². The maximum atomic E-state index is 13.4. The predicted octanol–water partition coefficient (Wildman–Crippen LogP) is 5.75. The second-order valence-corrected chi connectivity index (χ2v) is 13.3. The zero-order valence-electron chi connectivity index (χ0n) is 21.0. The molecule has 4 fully saturated rings. The number of aliphatic hydroxyl groups excluding tert-OH is 2. The Labute approximate surface area is 232 Å². The van der Waals surface area contributed by atoms with Gasteiger partial charge in [-0.1, -0.05) is 59.0 Å². The highest BCUT2D eigenvalue weighted by atomic mass is 79.9. The van der Waals surface area contributed by atoms with Gasteiger partial charge in [0.15, 0.2) is 5.78 Å². The number of ketones is 2. The number of hydrogen-bond donors (Lipinski definition) is 3. The van der Waals surface area contributed by atoms with Crippen molar-refractivity contribution in [3.8, 4) is 0 Å². The first-order valence-corrected chi connectivity index (χ1v) is 14.9. The molecule has 0 radical (unpaired) electrons. The number of halogens is 3.